The molecule has 2 N–H and O–H groups in total. The number of aliphatic hydroxyl groups is 1. The monoisotopic (exact) mass is 282 g/mol. The van der Waals surface area contributed by atoms with Crippen LogP contribution in [-0.2, 0) is 10.4 Å². The molecule has 0 radical (unpaired) electrons. The number of aromatic nitrogens is 1. The molecule has 2 heterocycles. The molecule has 2 aromatic rings. The molecule has 3 rings (SSSR count). The van der Waals surface area contributed by atoms with Gasteiger partial charge in [-0.3, -0.25) is 14.6 Å². The number of Topliss-reactive ketones (excluding diaryl/α,β-unsaturated/α-hetero) is 1. The molecule has 0 saturated heterocycles. The number of ketones is 1. The fourth-order valence-corrected chi connectivity index (χ4v) is 2.51. The number of anilines is 1. The molecule has 0 bridgehead atoms. The molecule has 0 aliphatic carbocycles. The summed E-state index contributed by atoms with van der Waals surface area (Å²) in [6.45, 7) is 1.87. The molecular weight excluding hydrogens is 268 g/mol. The van der Waals surface area contributed by atoms with E-state index in [2.05, 4.69) is 10.3 Å². The van der Waals surface area contributed by atoms with Crippen molar-refractivity contribution >= 4 is 17.4 Å². The number of carbonyl (C=O) groups excluding carboxylic acids is 2. The van der Waals surface area contributed by atoms with Crippen LogP contribution < -0.4 is 5.32 Å². The fourth-order valence-electron chi connectivity index (χ4n) is 2.51. The highest BCUT2D eigenvalue weighted by atomic mass is 16.3. The third kappa shape index (κ3) is 2.21. The zero-order chi connectivity index (χ0) is 15.0. The van der Waals surface area contributed by atoms with Crippen molar-refractivity contribution in [1.29, 1.82) is 0 Å². The van der Waals surface area contributed by atoms with Crippen LogP contribution in [0.4, 0.5) is 5.69 Å². The molecule has 5 heteroatoms. The smallest absolute Gasteiger partial charge is 0.261 e. The number of hydrogen-bond acceptors (Lipinski definition) is 4. The zero-order valence-electron chi connectivity index (χ0n) is 11.5. The quantitative estimate of drug-likeness (QED) is 0.841. The lowest BCUT2D eigenvalue weighted by atomic mass is 9.87. The first-order chi connectivity index (χ1) is 10.0. The second kappa shape index (κ2) is 4.79. The number of carbonyl (C=O) groups is 2. The summed E-state index contributed by atoms with van der Waals surface area (Å²) in [5.74, 6) is -0.866. The summed E-state index contributed by atoms with van der Waals surface area (Å²) in [4.78, 5) is 28.2. The van der Waals surface area contributed by atoms with E-state index in [0.29, 0.717) is 16.8 Å². The normalized spacial score (nSPS) is 20.0. The maximum absolute atomic E-state index is 12.3. The van der Waals surface area contributed by atoms with Gasteiger partial charge in [-0.15, -0.1) is 0 Å². The van der Waals surface area contributed by atoms with E-state index in [4.69, 9.17) is 0 Å². The summed E-state index contributed by atoms with van der Waals surface area (Å²) >= 11 is 0. The molecule has 1 aromatic carbocycles. The molecule has 0 unspecified atom stereocenters. The number of benzene rings is 1. The van der Waals surface area contributed by atoms with Crippen LogP contribution in [-0.4, -0.2) is 21.8 Å². The Kier molecular flexibility index (Phi) is 3.07. The molecule has 106 valence electrons. The molecule has 1 aliphatic rings. The van der Waals surface area contributed by atoms with E-state index in [0.717, 1.165) is 5.56 Å². The van der Waals surface area contributed by atoms with Gasteiger partial charge in [0.25, 0.3) is 5.91 Å². The average molecular weight is 282 g/mol. The Hall–Kier alpha value is -2.53. The number of nitrogens with zero attached hydrogens (tertiary/aromatic N) is 1. The van der Waals surface area contributed by atoms with Crippen LogP contribution in [0.3, 0.4) is 0 Å². The Labute approximate surface area is 121 Å². The second-order valence-electron chi connectivity index (χ2n) is 5.20. The minimum atomic E-state index is -1.82. The van der Waals surface area contributed by atoms with Crippen LogP contribution in [0, 0.1) is 6.92 Å². The lowest BCUT2D eigenvalue weighted by Crippen LogP contribution is -2.36. The number of aryl methyl sites for hydroxylation is 1. The van der Waals surface area contributed by atoms with Crippen LogP contribution in [0.5, 0.6) is 0 Å². The Bertz CT molecular complexity index is 728. The number of fused-ring (bicyclic) bond motifs is 1. The van der Waals surface area contributed by atoms with Gasteiger partial charge in [0, 0.05) is 29.2 Å². The minimum absolute atomic E-state index is 0.292. The molecular formula is C16H14N2O3. The summed E-state index contributed by atoms with van der Waals surface area (Å²) in [7, 11) is 0. The predicted molar refractivity (Wildman–Crippen MR) is 76.9 cm³/mol. The van der Waals surface area contributed by atoms with Gasteiger partial charge in [-0.05, 0) is 25.1 Å². The first kappa shape index (κ1) is 13.5. The number of pyridine rings is 1. The maximum Gasteiger partial charge on any atom is 0.261 e. The van der Waals surface area contributed by atoms with Gasteiger partial charge >= 0.3 is 0 Å². The van der Waals surface area contributed by atoms with Crippen LogP contribution >= 0.6 is 0 Å². The number of nitrogens with one attached hydrogen (secondary N) is 1. The molecule has 1 amide bonds. The van der Waals surface area contributed by atoms with E-state index in [-0.39, 0.29) is 12.2 Å². The minimum Gasteiger partial charge on any atom is -0.375 e. The number of amides is 1. The highest BCUT2D eigenvalue weighted by molar-refractivity contribution is 6.09. The standard InChI is InChI=1S/C16H14N2O3/c1-10-2-3-13-12(8-10)16(21,15(20)18-13)9-14(19)11-4-6-17-7-5-11/h2-8,21H,9H2,1H3,(H,18,20)/t16-/m0/s1. The van der Waals surface area contributed by atoms with Crippen molar-refractivity contribution in [3.63, 3.8) is 0 Å². The first-order valence-electron chi connectivity index (χ1n) is 6.59. The Morgan fingerprint density at radius 1 is 1.29 bits per heavy atom. The summed E-state index contributed by atoms with van der Waals surface area (Å²) in [6.07, 6.45) is 2.72. The van der Waals surface area contributed by atoms with Gasteiger partial charge in [-0.1, -0.05) is 17.7 Å². The van der Waals surface area contributed by atoms with Crippen molar-refractivity contribution in [1.82, 2.24) is 4.98 Å². The summed E-state index contributed by atoms with van der Waals surface area (Å²) in [6, 6.07) is 8.44. The highest BCUT2D eigenvalue weighted by Crippen LogP contribution is 2.39. The topological polar surface area (TPSA) is 79.3 Å². The Morgan fingerprint density at radius 3 is 2.71 bits per heavy atom. The van der Waals surface area contributed by atoms with Crippen molar-refractivity contribution in [3.8, 4) is 0 Å². The molecule has 0 saturated carbocycles. The molecule has 1 aliphatic heterocycles. The SMILES string of the molecule is Cc1ccc2c(c1)[C@@](O)(CC(=O)c1ccncc1)C(=O)N2. The Balaban J connectivity index is 1.97. The van der Waals surface area contributed by atoms with Crippen molar-refractivity contribution < 1.29 is 14.7 Å². The third-order valence-electron chi connectivity index (χ3n) is 3.66. The second-order valence-corrected chi connectivity index (χ2v) is 5.20. The number of hydrogen-bond donors (Lipinski definition) is 2. The average Bonchev–Trinajstić information content (AvgIpc) is 2.72. The van der Waals surface area contributed by atoms with Crippen LogP contribution in [0.25, 0.3) is 0 Å². The van der Waals surface area contributed by atoms with Crippen molar-refractivity contribution in [2.75, 3.05) is 5.32 Å². The maximum atomic E-state index is 12.3. The van der Waals surface area contributed by atoms with Gasteiger partial charge in [0.15, 0.2) is 11.4 Å². The number of rotatable bonds is 3. The predicted octanol–water partition coefficient (Wildman–Crippen LogP) is 1.80. The summed E-state index contributed by atoms with van der Waals surface area (Å²) < 4.78 is 0. The van der Waals surface area contributed by atoms with Crippen molar-refractivity contribution in [3.05, 3.63) is 59.4 Å². The fraction of sp³-hybridized carbons (Fsp3) is 0.188. The summed E-state index contributed by atoms with van der Waals surface area (Å²) in [5, 5.41) is 13.3. The lowest BCUT2D eigenvalue weighted by molar-refractivity contribution is -0.133. The molecule has 0 fully saturated rings. The summed E-state index contributed by atoms with van der Waals surface area (Å²) in [5.41, 5.74) is 0.528. The highest BCUT2D eigenvalue weighted by Gasteiger charge is 2.46. The van der Waals surface area contributed by atoms with E-state index in [1.165, 1.54) is 12.4 Å². The van der Waals surface area contributed by atoms with Gasteiger partial charge in [0.1, 0.15) is 0 Å². The molecule has 5 nitrogen and oxygen atoms in total. The third-order valence-corrected chi connectivity index (χ3v) is 3.66. The zero-order valence-corrected chi connectivity index (χ0v) is 11.5. The van der Waals surface area contributed by atoms with Gasteiger partial charge in [0.2, 0.25) is 0 Å². The lowest BCUT2D eigenvalue weighted by Gasteiger charge is -2.20. The van der Waals surface area contributed by atoms with Crippen molar-refractivity contribution in [2.24, 2.45) is 0 Å². The van der Waals surface area contributed by atoms with Gasteiger partial charge in [-0.2, -0.15) is 0 Å². The van der Waals surface area contributed by atoms with E-state index in [9.17, 15) is 14.7 Å². The van der Waals surface area contributed by atoms with Crippen LogP contribution in [0.1, 0.15) is 27.9 Å². The van der Waals surface area contributed by atoms with Crippen molar-refractivity contribution in [2.45, 2.75) is 18.9 Å². The molecule has 21 heavy (non-hydrogen) atoms. The Morgan fingerprint density at radius 2 is 2.00 bits per heavy atom. The van der Waals surface area contributed by atoms with E-state index >= 15 is 0 Å². The largest absolute Gasteiger partial charge is 0.375 e. The first-order valence-corrected chi connectivity index (χ1v) is 6.59. The molecule has 1 aromatic heterocycles. The van der Waals surface area contributed by atoms with E-state index in [1.54, 1.807) is 24.3 Å². The van der Waals surface area contributed by atoms with Gasteiger partial charge in [-0.25, -0.2) is 0 Å². The molecule has 1 atom stereocenters. The molecule has 0 spiro atoms. The van der Waals surface area contributed by atoms with E-state index < -0.39 is 11.5 Å². The van der Waals surface area contributed by atoms with Crippen LogP contribution in [0.2, 0.25) is 0 Å². The van der Waals surface area contributed by atoms with E-state index in [1.807, 2.05) is 13.0 Å². The van der Waals surface area contributed by atoms with Gasteiger partial charge < -0.3 is 10.4 Å². The van der Waals surface area contributed by atoms with Crippen LogP contribution in [0.15, 0.2) is 42.7 Å². The van der Waals surface area contributed by atoms with Gasteiger partial charge in [0.05, 0.1) is 6.42 Å².